The fraction of sp³-hybridized carbons (Fsp3) is 0.471. The molecule has 1 aromatic carbocycles. The molecule has 0 bridgehead atoms. The van der Waals surface area contributed by atoms with E-state index in [0.717, 1.165) is 11.3 Å². The molecule has 2 N–H and O–H groups in total. The predicted octanol–water partition coefficient (Wildman–Crippen LogP) is 3.49. The van der Waals surface area contributed by atoms with Crippen LogP contribution in [0.25, 0.3) is 10.9 Å². The fourth-order valence-corrected chi connectivity index (χ4v) is 3.09. The molecule has 3 rings (SSSR count). The van der Waals surface area contributed by atoms with E-state index in [1.165, 1.54) is 36.6 Å². The van der Waals surface area contributed by atoms with Crippen molar-refractivity contribution < 1.29 is 0 Å². The summed E-state index contributed by atoms with van der Waals surface area (Å²) in [6.07, 6.45) is 4.94. The van der Waals surface area contributed by atoms with Gasteiger partial charge in [0, 0.05) is 17.5 Å². The monoisotopic (exact) mass is 269 g/mol. The second kappa shape index (κ2) is 5.80. The Morgan fingerprint density at radius 2 is 1.75 bits per heavy atom. The highest BCUT2D eigenvalue weighted by molar-refractivity contribution is 5.81. The lowest BCUT2D eigenvalue weighted by Crippen LogP contribution is -2.35. The largest absolute Gasteiger partial charge is 0.367 e. The van der Waals surface area contributed by atoms with E-state index in [4.69, 9.17) is 4.98 Å². The lowest BCUT2D eigenvalue weighted by atomic mass is 9.91. The summed E-state index contributed by atoms with van der Waals surface area (Å²) in [5, 5.41) is 8.24. The number of fused-ring (bicyclic) bond motifs is 1. The summed E-state index contributed by atoms with van der Waals surface area (Å²) in [4.78, 5) is 4.78. The van der Waals surface area contributed by atoms with Crippen LogP contribution in [-0.2, 0) is 0 Å². The molecule has 0 spiro atoms. The Morgan fingerprint density at radius 3 is 2.50 bits per heavy atom. The first kappa shape index (κ1) is 13.4. The molecule has 20 heavy (non-hydrogen) atoms. The van der Waals surface area contributed by atoms with Gasteiger partial charge in [0.2, 0.25) is 0 Å². The normalized spacial score (nSPS) is 22.9. The fourth-order valence-electron chi connectivity index (χ4n) is 3.09. The minimum absolute atomic E-state index is 0.562. The van der Waals surface area contributed by atoms with Gasteiger partial charge in [-0.1, -0.05) is 18.2 Å². The van der Waals surface area contributed by atoms with Crippen LogP contribution in [0.1, 0.15) is 31.2 Å². The molecule has 1 heterocycles. The maximum Gasteiger partial charge on any atom is 0.129 e. The van der Waals surface area contributed by atoms with E-state index in [2.05, 4.69) is 48.9 Å². The van der Waals surface area contributed by atoms with Crippen LogP contribution in [-0.4, -0.2) is 24.1 Å². The second-order valence-corrected chi connectivity index (χ2v) is 5.83. The molecular formula is C17H23N3. The smallest absolute Gasteiger partial charge is 0.129 e. The summed E-state index contributed by atoms with van der Waals surface area (Å²) in [5.41, 5.74) is 2.31. The highest BCUT2D eigenvalue weighted by Gasteiger charge is 2.20. The standard InChI is InChI=1S/C17H23N3/c1-12-11-13-5-3-4-6-16(13)20-17(12)19-15-9-7-14(18-2)8-10-15/h3-6,11,14-15,18H,7-10H2,1-2H3,(H,19,20). The number of anilines is 1. The number of pyridine rings is 1. The average Bonchev–Trinajstić information content (AvgIpc) is 2.49. The maximum atomic E-state index is 4.78. The molecule has 0 unspecified atom stereocenters. The first-order valence-corrected chi connectivity index (χ1v) is 7.56. The molecule has 106 valence electrons. The molecule has 0 aliphatic heterocycles. The number of nitrogens with one attached hydrogen (secondary N) is 2. The zero-order chi connectivity index (χ0) is 13.9. The van der Waals surface area contributed by atoms with Crippen LogP contribution in [0, 0.1) is 6.92 Å². The number of nitrogens with zero attached hydrogens (tertiary/aromatic N) is 1. The van der Waals surface area contributed by atoms with E-state index < -0.39 is 0 Å². The topological polar surface area (TPSA) is 37.0 Å². The number of benzene rings is 1. The quantitative estimate of drug-likeness (QED) is 0.895. The number of aryl methyl sites for hydroxylation is 1. The highest BCUT2D eigenvalue weighted by atomic mass is 15.0. The lowest BCUT2D eigenvalue weighted by molar-refractivity contribution is 0.371. The van der Waals surface area contributed by atoms with Crippen LogP contribution in [0.3, 0.4) is 0 Å². The summed E-state index contributed by atoms with van der Waals surface area (Å²) in [7, 11) is 2.06. The van der Waals surface area contributed by atoms with Crippen molar-refractivity contribution in [3.8, 4) is 0 Å². The molecule has 0 radical (unpaired) electrons. The van der Waals surface area contributed by atoms with Crippen LogP contribution >= 0.6 is 0 Å². The van der Waals surface area contributed by atoms with E-state index in [1.54, 1.807) is 0 Å². The number of hydrogen-bond donors (Lipinski definition) is 2. The third-order valence-corrected chi connectivity index (χ3v) is 4.39. The molecule has 2 aromatic rings. The lowest BCUT2D eigenvalue weighted by Gasteiger charge is -2.29. The average molecular weight is 269 g/mol. The molecular weight excluding hydrogens is 246 g/mol. The first-order valence-electron chi connectivity index (χ1n) is 7.56. The van der Waals surface area contributed by atoms with E-state index >= 15 is 0 Å². The van der Waals surface area contributed by atoms with Crippen LogP contribution in [0.15, 0.2) is 30.3 Å². The Balaban J connectivity index is 1.76. The van der Waals surface area contributed by atoms with Crippen molar-refractivity contribution in [3.63, 3.8) is 0 Å². The second-order valence-electron chi connectivity index (χ2n) is 5.83. The van der Waals surface area contributed by atoms with Crippen molar-refractivity contribution in [2.75, 3.05) is 12.4 Å². The number of aromatic nitrogens is 1. The zero-order valence-corrected chi connectivity index (χ0v) is 12.3. The van der Waals surface area contributed by atoms with Crippen molar-refractivity contribution in [3.05, 3.63) is 35.9 Å². The van der Waals surface area contributed by atoms with Crippen LogP contribution in [0.5, 0.6) is 0 Å². The molecule has 3 heteroatoms. The Bertz CT molecular complexity index is 586. The number of hydrogen-bond acceptors (Lipinski definition) is 3. The van der Waals surface area contributed by atoms with Gasteiger partial charge in [0.1, 0.15) is 5.82 Å². The van der Waals surface area contributed by atoms with Crippen molar-refractivity contribution >= 4 is 16.7 Å². The SMILES string of the molecule is CNC1CCC(Nc2nc3ccccc3cc2C)CC1. The highest BCUT2D eigenvalue weighted by Crippen LogP contribution is 2.25. The Morgan fingerprint density at radius 1 is 1.05 bits per heavy atom. The first-order chi connectivity index (χ1) is 9.76. The summed E-state index contributed by atoms with van der Waals surface area (Å²) in [6.45, 7) is 2.14. The molecule has 0 atom stereocenters. The maximum absolute atomic E-state index is 4.78. The summed E-state index contributed by atoms with van der Waals surface area (Å²) in [6, 6.07) is 11.8. The molecule has 0 amide bonds. The van der Waals surface area contributed by atoms with Crippen LogP contribution in [0.4, 0.5) is 5.82 Å². The van der Waals surface area contributed by atoms with Crippen molar-refractivity contribution in [2.24, 2.45) is 0 Å². The number of para-hydroxylation sites is 1. The van der Waals surface area contributed by atoms with E-state index in [0.29, 0.717) is 12.1 Å². The number of rotatable bonds is 3. The molecule has 0 saturated heterocycles. The van der Waals surface area contributed by atoms with Gasteiger partial charge >= 0.3 is 0 Å². The minimum Gasteiger partial charge on any atom is -0.367 e. The van der Waals surface area contributed by atoms with Crippen LogP contribution in [0.2, 0.25) is 0 Å². The predicted molar refractivity (Wildman–Crippen MR) is 85.2 cm³/mol. The van der Waals surface area contributed by atoms with E-state index in [1.807, 2.05) is 6.07 Å². The molecule has 1 fully saturated rings. The van der Waals surface area contributed by atoms with Gasteiger partial charge < -0.3 is 10.6 Å². The van der Waals surface area contributed by atoms with Gasteiger partial charge in [0.25, 0.3) is 0 Å². The Hall–Kier alpha value is -1.61. The van der Waals surface area contributed by atoms with Gasteiger partial charge in [-0.15, -0.1) is 0 Å². The van der Waals surface area contributed by atoms with Gasteiger partial charge in [0.15, 0.2) is 0 Å². The van der Waals surface area contributed by atoms with Crippen molar-refractivity contribution in [2.45, 2.75) is 44.7 Å². The molecule has 1 aliphatic rings. The third kappa shape index (κ3) is 2.78. The molecule has 3 nitrogen and oxygen atoms in total. The van der Waals surface area contributed by atoms with Crippen molar-refractivity contribution in [1.82, 2.24) is 10.3 Å². The van der Waals surface area contributed by atoms with Gasteiger partial charge in [-0.3, -0.25) is 0 Å². The Labute approximate surface area is 120 Å². The molecule has 1 aromatic heterocycles. The van der Waals surface area contributed by atoms with E-state index in [9.17, 15) is 0 Å². The summed E-state index contributed by atoms with van der Waals surface area (Å²) < 4.78 is 0. The van der Waals surface area contributed by atoms with Crippen molar-refractivity contribution in [1.29, 1.82) is 0 Å². The Kier molecular flexibility index (Phi) is 3.88. The zero-order valence-electron chi connectivity index (χ0n) is 12.3. The molecule has 1 aliphatic carbocycles. The van der Waals surface area contributed by atoms with Crippen LogP contribution < -0.4 is 10.6 Å². The molecule has 1 saturated carbocycles. The van der Waals surface area contributed by atoms with E-state index in [-0.39, 0.29) is 0 Å². The summed E-state index contributed by atoms with van der Waals surface area (Å²) >= 11 is 0. The third-order valence-electron chi connectivity index (χ3n) is 4.39. The minimum atomic E-state index is 0.562. The van der Waals surface area contributed by atoms with Gasteiger partial charge in [-0.05, 0) is 57.4 Å². The van der Waals surface area contributed by atoms with Gasteiger partial charge in [-0.25, -0.2) is 4.98 Å². The van der Waals surface area contributed by atoms with Gasteiger partial charge in [-0.2, -0.15) is 0 Å². The summed E-state index contributed by atoms with van der Waals surface area (Å²) in [5.74, 6) is 1.05. The van der Waals surface area contributed by atoms with Gasteiger partial charge in [0.05, 0.1) is 5.52 Å².